The number of nitrogens with one attached hydrogen (secondary N) is 1. The standard InChI is InChI=1S/C29H36N4O4/c34-28(33(23-27-13-7-18-37-27)22-26-11-5-2-6-12-26)24-32(15-8-14-31-16-19-36-20-17-31)29(35)30-21-25-9-3-1-4-10-25/h1-7,9-13,18H,8,14-17,19-24H2,(H,30,35). The van der Waals surface area contributed by atoms with E-state index in [1.807, 2.05) is 72.8 Å². The lowest BCUT2D eigenvalue weighted by atomic mass is 10.2. The molecule has 1 N–H and O–H groups in total. The van der Waals surface area contributed by atoms with Crippen molar-refractivity contribution in [3.8, 4) is 0 Å². The molecule has 0 aliphatic carbocycles. The average Bonchev–Trinajstić information content (AvgIpc) is 3.46. The van der Waals surface area contributed by atoms with Gasteiger partial charge in [-0.15, -0.1) is 0 Å². The van der Waals surface area contributed by atoms with Crippen molar-refractivity contribution in [3.05, 3.63) is 95.9 Å². The molecule has 1 saturated heterocycles. The highest BCUT2D eigenvalue weighted by Gasteiger charge is 2.23. The number of ether oxygens (including phenoxy) is 1. The molecule has 0 unspecified atom stereocenters. The number of urea groups is 1. The number of amides is 3. The van der Waals surface area contributed by atoms with Crippen LogP contribution in [0.2, 0.25) is 0 Å². The van der Waals surface area contributed by atoms with Crippen molar-refractivity contribution in [2.45, 2.75) is 26.1 Å². The molecule has 37 heavy (non-hydrogen) atoms. The molecule has 8 nitrogen and oxygen atoms in total. The summed E-state index contributed by atoms with van der Waals surface area (Å²) in [6.45, 7) is 5.80. The fourth-order valence-electron chi connectivity index (χ4n) is 4.34. The Labute approximate surface area is 218 Å². The van der Waals surface area contributed by atoms with E-state index in [9.17, 15) is 9.59 Å². The van der Waals surface area contributed by atoms with Crippen molar-refractivity contribution in [1.82, 2.24) is 20.0 Å². The van der Waals surface area contributed by atoms with Gasteiger partial charge in [-0.1, -0.05) is 60.7 Å². The molecule has 1 fully saturated rings. The predicted molar refractivity (Wildman–Crippen MR) is 142 cm³/mol. The van der Waals surface area contributed by atoms with E-state index in [2.05, 4.69) is 10.2 Å². The highest BCUT2D eigenvalue weighted by atomic mass is 16.5. The van der Waals surface area contributed by atoms with Gasteiger partial charge in [0.25, 0.3) is 0 Å². The van der Waals surface area contributed by atoms with Crippen LogP contribution in [-0.2, 0) is 29.2 Å². The number of hydrogen-bond donors (Lipinski definition) is 1. The summed E-state index contributed by atoms with van der Waals surface area (Å²) >= 11 is 0. The van der Waals surface area contributed by atoms with Crippen molar-refractivity contribution < 1.29 is 18.7 Å². The third-order valence-corrected chi connectivity index (χ3v) is 6.40. The number of hydrogen-bond acceptors (Lipinski definition) is 5. The minimum Gasteiger partial charge on any atom is -0.467 e. The van der Waals surface area contributed by atoms with Crippen LogP contribution in [0.5, 0.6) is 0 Å². The van der Waals surface area contributed by atoms with Crippen molar-refractivity contribution in [2.24, 2.45) is 0 Å². The van der Waals surface area contributed by atoms with Crippen LogP contribution in [0.3, 0.4) is 0 Å². The SMILES string of the molecule is O=C(CN(CCCN1CCOCC1)C(=O)NCc1ccccc1)N(Cc1ccccc1)Cc1ccco1. The van der Waals surface area contributed by atoms with E-state index < -0.39 is 0 Å². The Bertz CT molecular complexity index is 1070. The molecule has 1 aromatic heterocycles. The second kappa shape index (κ2) is 14.2. The van der Waals surface area contributed by atoms with Crippen molar-refractivity contribution >= 4 is 11.9 Å². The van der Waals surface area contributed by atoms with Gasteiger partial charge in [0.2, 0.25) is 5.91 Å². The van der Waals surface area contributed by atoms with Gasteiger partial charge < -0.3 is 24.3 Å². The lowest BCUT2D eigenvalue weighted by Crippen LogP contribution is -2.47. The third-order valence-electron chi connectivity index (χ3n) is 6.40. The number of carbonyl (C=O) groups excluding carboxylic acids is 2. The first-order chi connectivity index (χ1) is 18.2. The summed E-state index contributed by atoms with van der Waals surface area (Å²) in [5.74, 6) is 0.582. The van der Waals surface area contributed by atoms with Gasteiger partial charge in [0.05, 0.1) is 26.0 Å². The summed E-state index contributed by atoms with van der Waals surface area (Å²) in [7, 11) is 0. The fourth-order valence-corrected chi connectivity index (χ4v) is 4.34. The van der Waals surface area contributed by atoms with Gasteiger partial charge in [0.1, 0.15) is 12.3 Å². The van der Waals surface area contributed by atoms with Crippen LogP contribution in [-0.4, -0.2) is 72.6 Å². The molecular weight excluding hydrogens is 468 g/mol. The van der Waals surface area contributed by atoms with Gasteiger partial charge in [0.15, 0.2) is 0 Å². The zero-order valence-electron chi connectivity index (χ0n) is 21.3. The molecule has 8 heteroatoms. The second-order valence-electron chi connectivity index (χ2n) is 9.19. The molecule has 4 rings (SSSR count). The molecular formula is C29H36N4O4. The summed E-state index contributed by atoms with van der Waals surface area (Å²) in [6, 6.07) is 23.1. The number of nitrogens with zero attached hydrogens (tertiary/aromatic N) is 3. The first-order valence-corrected chi connectivity index (χ1v) is 12.9. The summed E-state index contributed by atoms with van der Waals surface area (Å²) < 4.78 is 11.0. The lowest BCUT2D eigenvalue weighted by Gasteiger charge is -2.30. The van der Waals surface area contributed by atoms with Crippen LogP contribution in [0.1, 0.15) is 23.3 Å². The molecule has 1 aliphatic heterocycles. The van der Waals surface area contributed by atoms with E-state index in [-0.39, 0.29) is 18.5 Å². The number of rotatable bonds is 12. The molecule has 3 amide bonds. The Morgan fingerprint density at radius 2 is 1.54 bits per heavy atom. The van der Waals surface area contributed by atoms with Crippen LogP contribution in [0, 0.1) is 0 Å². The summed E-state index contributed by atoms with van der Waals surface area (Å²) in [6.07, 6.45) is 2.39. The van der Waals surface area contributed by atoms with Crippen LogP contribution >= 0.6 is 0 Å². The Balaban J connectivity index is 1.41. The zero-order chi connectivity index (χ0) is 25.7. The lowest BCUT2D eigenvalue weighted by molar-refractivity contribution is -0.133. The van der Waals surface area contributed by atoms with Crippen molar-refractivity contribution in [1.29, 1.82) is 0 Å². The Hall–Kier alpha value is -3.62. The molecule has 1 aliphatic rings. The van der Waals surface area contributed by atoms with Crippen LogP contribution in [0.4, 0.5) is 4.79 Å². The Kier molecular flexibility index (Phi) is 10.2. The molecule has 0 saturated carbocycles. The van der Waals surface area contributed by atoms with E-state index in [0.717, 1.165) is 50.4 Å². The Morgan fingerprint density at radius 1 is 0.838 bits per heavy atom. The molecule has 196 valence electrons. The van der Waals surface area contributed by atoms with E-state index in [1.165, 1.54) is 0 Å². The molecule has 0 atom stereocenters. The number of carbonyl (C=O) groups is 2. The number of furan rings is 1. The summed E-state index contributed by atoms with van der Waals surface area (Å²) in [5.41, 5.74) is 2.04. The highest BCUT2D eigenvalue weighted by Crippen LogP contribution is 2.12. The molecule has 0 bridgehead atoms. The smallest absolute Gasteiger partial charge is 0.318 e. The monoisotopic (exact) mass is 504 g/mol. The number of morpholine rings is 1. The normalized spacial score (nSPS) is 13.7. The zero-order valence-corrected chi connectivity index (χ0v) is 21.3. The van der Waals surface area contributed by atoms with Crippen molar-refractivity contribution in [3.63, 3.8) is 0 Å². The topological polar surface area (TPSA) is 78.3 Å². The van der Waals surface area contributed by atoms with E-state index >= 15 is 0 Å². The predicted octanol–water partition coefficient (Wildman–Crippen LogP) is 3.74. The molecule has 0 radical (unpaired) electrons. The summed E-state index contributed by atoms with van der Waals surface area (Å²) in [5, 5.41) is 2.99. The molecule has 2 heterocycles. The first-order valence-electron chi connectivity index (χ1n) is 12.9. The maximum absolute atomic E-state index is 13.6. The van der Waals surface area contributed by atoms with Gasteiger partial charge in [0, 0.05) is 39.3 Å². The molecule has 0 spiro atoms. The molecule has 3 aromatic rings. The minimum absolute atomic E-state index is 0.00270. The summed E-state index contributed by atoms with van der Waals surface area (Å²) in [4.78, 5) is 32.5. The van der Waals surface area contributed by atoms with Crippen LogP contribution < -0.4 is 5.32 Å². The van der Waals surface area contributed by atoms with Gasteiger partial charge in [-0.3, -0.25) is 9.69 Å². The maximum Gasteiger partial charge on any atom is 0.318 e. The van der Waals surface area contributed by atoms with Crippen LogP contribution in [0.25, 0.3) is 0 Å². The van der Waals surface area contributed by atoms with E-state index in [1.54, 1.807) is 16.1 Å². The fraction of sp³-hybridized carbons (Fsp3) is 0.379. The first kappa shape index (κ1) is 26.4. The van der Waals surface area contributed by atoms with E-state index in [4.69, 9.17) is 9.15 Å². The van der Waals surface area contributed by atoms with Gasteiger partial charge in [-0.05, 0) is 29.7 Å². The second-order valence-corrected chi connectivity index (χ2v) is 9.19. The van der Waals surface area contributed by atoms with Crippen molar-refractivity contribution in [2.75, 3.05) is 45.9 Å². The minimum atomic E-state index is -0.239. The Morgan fingerprint density at radius 3 is 2.22 bits per heavy atom. The quantitative estimate of drug-likeness (QED) is 0.407. The average molecular weight is 505 g/mol. The van der Waals surface area contributed by atoms with Gasteiger partial charge >= 0.3 is 6.03 Å². The van der Waals surface area contributed by atoms with Gasteiger partial charge in [-0.25, -0.2) is 4.79 Å². The largest absolute Gasteiger partial charge is 0.467 e. The third kappa shape index (κ3) is 8.77. The highest BCUT2D eigenvalue weighted by molar-refractivity contribution is 5.84. The van der Waals surface area contributed by atoms with Gasteiger partial charge in [-0.2, -0.15) is 0 Å². The van der Waals surface area contributed by atoms with E-state index in [0.29, 0.717) is 31.9 Å². The number of benzene rings is 2. The van der Waals surface area contributed by atoms with Crippen LogP contribution in [0.15, 0.2) is 83.5 Å². The maximum atomic E-state index is 13.6. The molecule has 2 aromatic carbocycles.